The summed E-state index contributed by atoms with van der Waals surface area (Å²) in [6.45, 7) is 10.1. The molecule has 0 spiro atoms. The average molecular weight is 527 g/mol. The van der Waals surface area contributed by atoms with Gasteiger partial charge in [-0.15, -0.1) is 0 Å². The lowest BCUT2D eigenvalue weighted by Gasteiger charge is -2.36. The van der Waals surface area contributed by atoms with Crippen LogP contribution in [-0.2, 0) is 4.74 Å². The van der Waals surface area contributed by atoms with Gasteiger partial charge in [-0.3, -0.25) is 0 Å². The highest BCUT2D eigenvalue weighted by atomic mass is 19.1. The van der Waals surface area contributed by atoms with Gasteiger partial charge < -0.3 is 24.7 Å². The summed E-state index contributed by atoms with van der Waals surface area (Å²) in [6.07, 6.45) is -1.15. The largest absolute Gasteiger partial charge is 0.444 e. The number of aromatic nitrogens is 4. The summed E-state index contributed by atoms with van der Waals surface area (Å²) in [5.74, 6) is 1.31. The van der Waals surface area contributed by atoms with Crippen LogP contribution in [0.1, 0.15) is 50.1 Å². The minimum absolute atomic E-state index is 0.0156. The van der Waals surface area contributed by atoms with E-state index in [1.807, 2.05) is 24.0 Å². The molecule has 2 N–H and O–H groups in total. The Morgan fingerprint density at radius 3 is 2.39 bits per heavy atom. The number of hydrogen-bond acceptors (Lipinski definition) is 8. The van der Waals surface area contributed by atoms with Crippen molar-refractivity contribution < 1.29 is 24.1 Å². The number of aliphatic hydroxyl groups is 2. The van der Waals surface area contributed by atoms with Crippen LogP contribution in [0.25, 0.3) is 16.7 Å². The predicted molar refractivity (Wildman–Crippen MR) is 140 cm³/mol. The van der Waals surface area contributed by atoms with Crippen LogP contribution in [0.15, 0.2) is 24.4 Å². The van der Waals surface area contributed by atoms with E-state index in [1.165, 1.54) is 4.90 Å². The van der Waals surface area contributed by atoms with E-state index in [-0.39, 0.29) is 25.6 Å². The highest BCUT2D eigenvalue weighted by molar-refractivity contribution is 5.82. The third-order valence-electron chi connectivity index (χ3n) is 7.16. The first-order valence-electron chi connectivity index (χ1n) is 13.0. The molecule has 11 heteroatoms. The Hall–Kier alpha value is -3.31. The van der Waals surface area contributed by atoms with E-state index in [0.717, 1.165) is 22.0 Å². The van der Waals surface area contributed by atoms with Crippen molar-refractivity contribution in [3.8, 4) is 5.82 Å². The first-order chi connectivity index (χ1) is 17.9. The van der Waals surface area contributed by atoms with Crippen molar-refractivity contribution in [2.24, 2.45) is 0 Å². The molecule has 2 unspecified atom stereocenters. The molecular formula is C27H35FN6O4. The fourth-order valence-electron chi connectivity index (χ4n) is 5.30. The van der Waals surface area contributed by atoms with Crippen molar-refractivity contribution in [3.05, 3.63) is 41.3 Å². The van der Waals surface area contributed by atoms with Gasteiger partial charge >= 0.3 is 6.09 Å². The van der Waals surface area contributed by atoms with E-state index < -0.39 is 30.1 Å². The van der Waals surface area contributed by atoms with Crippen molar-refractivity contribution in [2.75, 3.05) is 31.1 Å². The van der Waals surface area contributed by atoms with E-state index in [9.17, 15) is 15.0 Å². The number of carbonyl (C=O) groups is 1. The number of ether oxygens (including phenoxy) is 1. The van der Waals surface area contributed by atoms with E-state index in [0.29, 0.717) is 30.4 Å². The van der Waals surface area contributed by atoms with Crippen LogP contribution < -0.4 is 4.90 Å². The lowest BCUT2D eigenvalue weighted by atomic mass is 9.85. The second-order valence-electron chi connectivity index (χ2n) is 11.3. The Balaban J connectivity index is 1.44. The summed E-state index contributed by atoms with van der Waals surface area (Å²) in [6, 6.07) is 5.75. The highest BCUT2D eigenvalue weighted by Gasteiger charge is 2.35. The molecule has 5 rings (SSSR count). The number of β-amino-alcohol motifs (C(OH)–C–C–N with tert-alkyl or cyclic N) is 2. The van der Waals surface area contributed by atoms with E-state index >= 15 is 4.39 Å². The topological polar surface area (TPSA) is 117 Å². The van der Waals surface area contributed by atoms with E-state index in [2.05, 4.69) is 15.1 Å². The number of carbonyl (C=O) groups excluding carboxylic acids is 1. The lowest BCUT2D eigenvalue weighted by Crippen LogP contribution is -2.46. The maximum atomic E-state index is 15.5. The van der Waals surface area contributed by atoms with Gasteiger partial charge in [0.05, 0.1) is 30.5 Å². The van der Waals surface area contributed by atoms with E-state index in [4.69, 9.17) is 4.74 Å². The molecule has 4 heterocycles. The number of amides is 1. The zero-order valence-electron chi connectivity index (χ0n) is 22.4. The predicted octanol–water partition coefficient (Wildman–Crippen LogP) is 3.04. The fourth-order valence-corrected chi connectivity index (χ4v) is 5.30. The molecular weight excluding hydrogens is 491 g/mol. The molecule has 204 valence electrons. The van der Waals surface area contributed by atoms with Gasteiger partial charge in [0.15, 0.2) is 5.82 Å². The number of anilines is 1. The first-order valence-corrected chi connectivity index (χ1v) is 13.0. The number of aryl methyl sites for hydroxylation is 2. The van der Waals surface area contributed by atoms with Crippen molar-refractivity contribution in [1.82, 2.24) is 24.6 Å². The Kier molecular flexibility index (Phi) is 6.77. The van der Waals surface area contributed by atoms with Crippen LogP contribution in [0.5, 0.6) is 0 Å². The maximum absolute atomic E-state index is 15.5. The van der Waals surface area contributed by atoms with Crippen LogP contribution in [0.2, 0.25) is 0 Å². The molecule has 4 atom stereocenters. The molecule has 2 aliphatic heterocycles. The molecule has 3 aromatic rings. The quantitative estimate of drug-likeness (QED) is 0.535. The van der Waals surface area contributed by atoms with Crippen molar-refractivity contribution in [2.45, 2.75) is 70.9 Å². The summed E-state index contributed by atoms with van der Waals surface area (Å²) in [7, 11) is 0. The number of halogens is 1. The van der Waals surface area contributed by atoms with Crippen LogP contribution in [0, 0.1) is 13.8 Å². The molecule has 38 heavy (non-hydrogen) atoms. The second kappa shape index (κ2) is 9.77. The molecule has 0 aliphatic carbocycles. The summed E-state index contributed by atoms with van der Waals surface area (Å²) in [5.41, 5.74) is 2.01. The summed E-state index contributed by atoms with van der Waals surface area (Å²) >= 11 is 0. The molecule has 0 radical (unpaired) electrons. The van der Waals surface area contributed by atoms with Crippen LogP contribution in [0.3, 0.4) is 0 Å². The van der Waals surface area contributed by atoms with Gasteiger partial charge in [-0.1, -0.05) is 0 Å². The number of likely N-dealkylation sites (tertiary alicyclic amines) is 1. The standard InChI is InChI=1S/C27H35FN6O4/c1-15-8-17-11-29-34(25-10-24(30-16(2)31-25)33-13-22(35)23(36)14-33)21(17)9-19(15)18-6-7-32(12-20(18)28)26(37)38-27(3,4)5/h8-11,18,20,22-23,35-36H,6-7,12-14H2,1-5H3/t18?,20?,22-,23+. The van der Waals surface area contributed by atoms with Gasteiger partial charge in [0.2, 0.25) is 0 Å². The lowest BCUT2D eigenvalue weighted by molar-refractivity contribution is 0.0111. The number of nitrogens with zero attached hydrogens (tertiary/aromatic N) is 6. The van der Waals surface area contributed by atoms with Gasteiger partial charge in [-0.05, 0) is 64.3 Å². The smallest absolute Gasteiger partial charge is 0.410 e. The van der Waals surface area contributed by atoms with Crippen molar-refractivity contribution >= 4 is 22.8 Å². The summed E-state index contributed by atoms with van der Waals surface area (Å²) in [4.78, 5) is 24.8. The number of aliphatic hydroxyl groups excluding tert-OH is 2. The third kappa shape index (κ3) is 5.17. The normalized spacial score (nSPS) is 24.3. The number of piperidine rings is 1. The monoisotopic (exact) mass is 526 g/mol. The molecule has 2 aliphatic rings. The summed E-state index contributed by atoms with van der Waals surface area (Å²) in [5, 5.41) is 25.4. The van der Waals surface area contributed by atoms with Crippen LogP contribution in [0.4, 0.5) is 15.0 Å². The molecule has 10 nitrogen and oxygen atoms in total. The van der Waals surface area contributed by atoms with Gasteiger partial charge in [-0.2, -0.15) is 5.10 Å². The molecule has 1 aromatic carbocycles. The Morgan fingerprint density at radius 1 is 1.05 bits per heavy atom. The Labute approximate surface area is 221 Å². The molecule has 0 bridgehead atoms. The molecule has 2 saturated heterocycles. The Bertz CT molecular complexity index is 1350. The maximum Gasteiger partial charge on any atom is 0.410 e. The average Bonchev–Trinajstić information content (AvgIpc) is 3.39. The first kappa shape index (κ1) is 26.3. The van der Waals surface area contributed by atoms with Gasteiger partial charge in [0.1, 0.15) is 23.4 Å². The Morgan fingerprint density at radius 2 is 1.74 bits per heavy atom. The van der Waals surface area contributed by atoms with Crippen LogP contribution in [-0.4, -0.2) is 91.1 Å². The van der Waals surface area contributed by atoms with Gasteiger partial charge in [-0.25, -0.2) is 23.8 Å². The number of fused-ring (bicyclic) bond motifs is 1. The number of benzene rings is 1. The molecule has 2 fully saturated rings. The minimum atomic E-state index is -1.23. The summed E-state index contributed by atoms with van der Waals surface area (Å²) < 4.78 is 22.7. The second-order valence-corrected chi connectivity index (χ2v) is 11.3. The third-order valence-corrected chi connectivity index (χ3v) is 7.16. The van der Waals surface area contributed by atoms with Crippen molar-refractivity contribution in [3.63, 3.8) is 0 Å². The van der Waals surface area contributed by atoms with Gasteiger partial charge in [0.25, 0.3) is 0 Å². The minimum Gasteiger partial charge on any atom is -0.444 e. The highest BCUT2D eigenvalue weighted by Crippen LogP contribution is 2.35. The van der Waals surface area contributed by atoms with Crippen molar-refractivity contribution in [1.29, 1.82) is 0 Å². The molecule has 1 amide bonds. The number of hydrogen-bond donors (Lipinski definition) is 2. The van der Waals surface area contributed by atoms with Gasteiger partial charge in [0, 0.05) is 37.0 Å². The van der Waals surface area contributed by atoms with E-state index in [1.54, 1.807) is 44.6 Å². The van der Waals surface area contributed by atoms with Crippen LogP contribution >= 0.6 is 0 Å². The SMILES string of the molecule is Cc1nc(N2C[C@@H](O)[C@@H](O)C2)cc(-n2ncc3cc(C)c(C4CCN(C(=O)OC(C)(C)C)CC4F)cc32)n1. The fraction of sp³-hybridized carbons (Fsp3) is 0.556. The molecule has 0 saturated carbocycles. The number of alkyl halides is 1. The molecule has 2 aromatic heterocycles. The zero-order valence-corrected chi connectivity index (χ0v) is 22.4. The zero-order chi connectivity index (χ0) is 27.4. The number of rotatable bonds is 3.